The van der Waals surface area contributed by atoms with Crippen LogP contribution in [-0.2, 0) is 0 Å². The topological polar surface area (TPSA) is 105 Å². The fourth-order valence-corrected chi connectivity index (χ4v) is 3.37. The minimum Gasteiger partial charge on any atom is -0.393 e. The van der Waals surface area contributed by atoms with E-state index in [0.29, 0.717) is 6.54 Å². The molecule has 2 aromatic carbocycles. The highest BCUT2D eigenvalue weighted by molar-refractivity contribution is 5.95. The van der Waals surface area contributed by atoms with Crippen molar-refractivity contribution in [2.75, 3.05) is 43.4 Å². The van der Waals surface area contributed by atoms with E-state index in [0.717, 1.165) is 26.2 Å². The second-order valence-electron chi connectivity index (χ2n) is 6.95. The standard InChI is InChI=1S/C20H25N5O3/c1-15(23-9-11-24(12-10-23)17-5-3-2-4-6-17)14-22-20(26)16-7-8-18(21)19(13-16)25(27)28/h2-8,13,15H,9-12,14,21H2,1H3,(H,22,26). The summed E-state index contributed by atoms with van der Waals surface area (Å²) >= 11 is 0. The monoisotopic (exact) mass is 383 g/mol. The van der Waals surface area contributed by atoms with Crippen LogP contribution in [0.2, 0.25) is 0 Å². The molecule has 3 rings (SSSR count). The van der Waals surface area contributed by atoms with Gasteiger partial charge in [-0.3, -0.25) is 19.8 Å². The van der Waals surface area contributed by atoms with Crippen LogP contribution < -0.4 is 16.0 Å². The van der Waals surface area contributed by atoms with Gasteiger partial charge in [-0.15, -0.1) is 0 Å². The molecule has 0 radical (unpaired) electrons. The van der Waals surface area contributed by atoms with Gasteiger partial charge in [0.15, 0.2) is 0 Å². The molecule has 0 spiro atoms. The van der Waals surface area contributed by atoms with Crippen LogP contribution in [0.5, 0.6) is 0 Å². The first-order valence-electron chi connectivity index (χ1n) is 9.32. The fraction of sp³-hybridized carbons (Fsp3) is 0.350. The van der Waals surface area contributed by atoms with Crippen LogP contribution in [0.4, 0.5) is 17.1 Å². The SMILES string of the molecule is CC(CNC(=O)c1ccc(N)c([N+](=O)[O-])c1)N1CCN(c2ccccc2)CC1. The third-order valence-electron chi connectivity index (χ3n) is 5.11. The van der Waals surface area contributed by atoms with E-state index in [-0.39, 0.29) is 28.9 Å². The molecule has 0 aromatic heterocycles. The van der Waals surface area contributed by atoms with Gasteiger partial charge in [-0.1, -0.05) is 18.2 Å². The Bertz CT molecular complexity index is 835. The summed E-state index contributed by atoms with van der Waals surface area (Å²) in [5.74, 6) is -0.335. The van der Waals surface area contributed by atoms with Gasteiger partial charge in [-0.05, 0) is 31.2 Å². The number of nitrogen functional groups attached to an aromatic ring is 1. The lowest BCUT2D eigenvalue weighted by Crippen LogP contribution is -2.52. The summed E-state index contributed by atoms with van der Waals surface area (Å²) in [5.41, 5.74) is 6.84. The van der Waals surface area contributed by atoms with Crippen molar-refractivity contribution in [3.63, 3.8) is 0 Å². The molecule has 3 N–H and O–H groups in total. The van der Waals surface area contributed by atoms with Crippen LogP contribution in [0.1, 0.15) is 17.3 Å². The van der Waals surface area contributed by atoms with Crippen molar-refractivity contribution in [1.29, 1.82) is 0 Å². The van der Waals surface area contributed by atoms with Crippen LogP contribution in [-0.4, -0.2) is 54.5 Å². The zero-order valence-corrected chi connectivity index (χ0v) is 15.9. The number of para-hydroxylation sites is 1. The molecule has 0 saturated carbocycles. The number of nitrogens with two attached hydrogens (primary N) is 1. The highest BCUT2D eigenvalue weighted by Gasteiger charge is 2.22. The average molecular weight is 383 g/mol. The quantitative estimate of drug-likeness (QED) is 0.450. The van der Waals surface area contributed by atoms with Crippen molar-refractivity contribution < 1.29 is 9.72 Å². The summed E-state index contributed by atoms with van der Waals surface area (Å²) in [6, 6.07) is 14.6. The minimum atomic E-state index is -0.582. The van der Waals surface area contributed by atoms with Crippen molar-refractivity contribution in [2.24, 2.45) is 0 Å². The van der Waals surface area contributed by atoms with Gasteiger partial charge in [-0.25, -0.2) is 0 Å². The van der Waals surface area contributed by atoms with Crippen molar-refractivity contribution in [3.8, 4) is 0 Å². The van der Waals surface area contributed by atoms with Crippen LogP contribution in [0.15, 0.2) is 48.5 Å². The lowest BCUT2D eigenvalue weighted by Gasteiger charge is -2.39. The Morgan fingerprint density at radius 3 is 2.50 bits per heavy atom. The molecule has 0 aliphatic carbocycles. The van der Waals surface area contributed by atoms with Gasteiger partial charge < -0.3 is 16.0 Å². The van der Waals surface area contributed by atoms with E-state index in [4.69, 9.17) is 5.73 Å². The molecule has 8 nitrogen and oxygen atoms in total. The molecular formula is C20H25N5O3. The molecule has 148 valence electrons. The number of carbonyl (C=O) groups is 1. The zero-order chi connectivity index (χ0) is 20.1. The van der Waals surface area contributed by atoms with Crippen LogP contribution in [0, 0.1) is 10.1 Å². The molecule has 1 aliphatic heterocycles. The summed E-state index contributed by atoms with van der Waals surface area (Å²) in [6.45, 7) is 6.25. The Morgan fingerprint density at radius 1 is 1.18 bits per heavy atom. The van der Waals surface area contributed by atoms with Gasteiger partial charge in [0.1, 0.15) is 5.69 Å². The fourth-order valence-electron chi connectivity index (χ4n) is 3.37. The second kappa shape index (κ2) is 8.71. The first-order valence-corrected chi connectivity index (χ1v) is 9.32. The number of rotatable bonds is 6. The van der Waals surface area contributed by atoms with E-state index >= 15 is 0 Å². The highest BCUT2D eigenvalue weighted by Crippen LogP contribution is 2.22. The maximum absolute atomic E-state index is 12.4. The van der Waals surface area contributed by atoms with Gasteiger partial charge >= 0.3 is 0 Å². The van der Waals surface area contributed by atoms with E-state index in [2.05, 4.69) is 34.2 Å². The normalized spacial score (nSPS) is 15.8. The van der Waals surface area contributed by atoms with Crippen molar-refractivity contribution in [1.82, 2.24) is 10.2 Å². The Hall–Kier alpha value is -3.13. The summed E-state index contributed by atoms with van der Waals surface area (Å²) in [4.78, 5) is 27.4. The molecule has 8 heteroatoms. The van der Waals surface area contributed by atoms with E-state index in [9.17, 15) is 14.9 Å². The third-order valence-corrected chi connectivity index (χ3v) is 5.11. The number of benzene rings is 2. The molecule has 1 atom stereocenters. The summed E-state index contributed by atoms with van der Waals surface area (Å²) < 4.78 is 0. The van der Waals surface area contributed by atoms with Crippen LogP contribution in [0.3, 0.4) is 0 Å². The van der Waals surface area contributed by atoms with Gasteiger partial charge in [0.2, 0.25) is 0 Å². The predicted molar refractivity (Wildman–Crippen MR) is 110 cm³/mol. The summed E-state index contributed by atoms with van der Waals surface area (Å²) in [7, 11) is 0. The molecule has 1 heterocycles. The third kappa shape index (κ3) is 4.58. The number of anilines is 2. The maximum Gasteiger partial charge on any atom is 0.292 e. The number of nitrogens with zero attached hydrogens (tertiary/aromatic N) is 3. The predicted octanol–water partition coefficient (Wildman–Crippen LogP) is 2.12. The first-order chi connectivity index (χ1) is 13.5. The Balaban J connectivity index is 1.51. The van der Waals surface area contributed by atoms with Crippen molar-refractivity contribution in [2.45, 2.75) is 13.0 Å². The van der Waals surface area contributed by atoms with E-state index < -0.39 is 4.92 Å². The van der Waals surface area contributed by atoms with E-state index in [1.807, 2.05) is 18.2 Å². The average Bonchev–Trinajstić information content (AvgIpc) is 2.72. The summed E-state index contributed by atoms with van der Waals surface area (Å²) in [5, 5.41) is 13.8. The number of hydrogen-bond acceptors (Lipinski definition) is 6. The minimum absolute atomic E-state index is 0.0474. The lowest BCUT2D eigenvalue weighted by molar-refractivity contribution is -0.383. The van der Waals surface area contributed by atoms with Gasteiger partial charge in [-0.2, -0.15) is 0 Å². The number of nitro benzene ring substituents is 1. The molecule has 1 aliphatic rings. The second-order valence-corrected chi connectivity index (χ2v) is 6.95. The van der Waals surface area contributed by atoms with Gasteiger partial charge in [0.05, 0.1) is 4.92 Å². The van der Waals surface area contributed by atoms with E-state index in [1.165, 1.54) is 23.9 Å². The molecular weight excluding hydrogens is 358 g/mol. The number of carbonyl (C=O) groups excluding carboxylic acids is 1. The molecule has 1 amide bonds. The largest absolute Gasteiger partial charge is 0.393 e. The Kier molecular flexibility index (Phi) is 6.10. The van der Waals surface area contributed by atoms with E-state index in [1.54, 1.807) is 0 Å². The smallest absolute Gasteiger partial charge is 0.292 e. The number of hydrogen-bond donors (Lipinski definition) is 2. The number of nitrogens with one attached hydrogen (secondary N) is 1. The molecule has 2 aromatic rings. The first kappa shape index (κ1) is 19.6. The number of piperazine rings is 1. The van der Waals surface area contributed by atoms with Gasteiger partial charge in [0, 0.05) is 56.1 Å². The molecule has 28 heavy (non-hydrogen) atoms. The zero-order valence-electron chi connectivity index (χ0n) is 15.9. The van der Waals surface area contributed by atoms with Crippen LogP contribution in [0.25, 0.3) is 0 Å². The lowest BCUT2D eigenvalue weighted by atomic mass is 10.1. The van der Waals surface area contributed by atoms with Crippen molar-refractivity contribution >= 4 is 23.0 Å². The number of nitro groups is 1. The Morgan fingerprint density at radius 2 is 1.86 bits per heavy atom. The molecule has 1 saturated heterocycles. The highest BCUT2D eigenvalue weighted by atomic mass is 16.6. The Labute approximate surface area is 164 Å². The molecule has 0 bridgehead atoms. The van der Waals surface area contributed by atoms with Crippen molar-refractivity contribution in [3.05, 3.63) is 64.2 Å². The van der Waals surface area contributed by atoms with Gasteiger partial charge in [0.25, 0.3) is 11.6 Å². The number of amides is 1. The summed E-state index contributed by atoms with van der Waals surface area (Å²) in [6.07, 6.45) is 0. The molecule has 1 unspecified atom stereocenters. The van der Waals surface area contributed by atoms with Crippen LogP contribution >= 0.6 is 0 Å². The maximum atomic E-state index is 12.4. The molecule has 1 fully saturated rings.